The van der Waals surface area contributed by atoms with Crippen LogP contribution in [0.5, 0.6) is 0 Å². The van der Waals surface area contributed by atoms with E-state index < -0.39 is 0 Å². The average Bonchev–Trinajstić information content (AvgIpc) is 1.99. The zero-order chi connectivity index (χ0) is 8.43. The molecule has 0 aliphatic carbocycles. The lowest BCUT2D eigenvalue weighted by atomic mass is 10.1. The summed E-state index contributed by atoms with van der Waals surface area (Å²) in [6.45, 7) is 1.87. The third-order valence-corrected chi connectivity index (χ3v) is 2.46. The summed E-state index contributed by atoms with van der Waals surface area (Å²) in [5.74, 6) is -0.250. The first kappa shape index (κ1) is 9.01. The summed E-state index contributed by atoms with van der Waals surface area (Å²) in [5.41, 5.74) is 0.570. The fourth-order valence-electron chi connectivity index (χ4n) is 0.893. The molecule has 0 saturated heterocycles. The second kappa shape index (κ2) is 3.55. The molecule has 0 spiro atoms. The lowest BCUT2D eigenvalue weighted by Crippen LogP contribution is -1.89. The van der Waals surface area contributed by atoms with Gasteiger partial charge in [0.1, 0.15) is 5.82 Å². The molecular weight excluding hydrogens is 230 g/mol. The van der Waals surface area contributed by atoms with Gasteiger partial charge < -0.3 is 0 Å². The molecular formula is C8H7BrClF. The van der Waals surface area contributed by atoms with Gasteiger partial charge >= 0.3 is 0 Å². The number of hydrogen-bond acceptors (Lipinski definition) is 0. The topological polar surface area (TPSA) is 0 Å². The molecule has 0 radical (unpaired) electrons. The Labute approximate surface area is 78.5 Å². The Balaban J connectivity index is 3.29. The van der Waals surface area contributed by atoms with Crippen molar-refractivity contribution in [2.45, 2.75) is 13.3 Å². The largest absolute Gasteiger partial charge is 0.205 e. The van der Waals surface area contributed by atoms with Crippen molar-refractivity contribution < 1.29 is 4.39 Å². The molecule has 0 aromatic heterocycles. The summed E-state index contributed by atoms with van der Waals surface area (Å²) in [4.78, 5) is 0. The van der Waals surface area contributed by atoms with Gasteiger partial charge in [-0.05, 0) is 34.5 Å². The van der Waals surface area contributed by atoms with Crippen LogP contribution in [-0.2, 0) is 6.42 Å². The van der Waals surface area contributed by atoms with Crippen molar-refractivity contribution in [3.63, 3.8) is 0 Å². The lowest BCUT2D eigenvalue weighted by molar-refractivity contribution is 0.605. The van der Waals surface area contributed by atoms with E-state index in [2.05, 4.69) is 15.9 Å². The van der Waals surface area contributed by atoms with Gasteiger partial charge in [-0.1, -0.05) is 18.5 Å². The van der Waals surface area contributed by atoms with Gasteiger partial charge in [-0.15, -0.1) is 0 Å². The van der Waals surface area contributed by atoms with Crippen LogP contribution in [0.1, 0.15) is 12.5 Å². The van der Waals surface area contributed by atoms with Gasteiger partial charge in [0.05, 0.1) is 4.47 Å². The van der Waals surface area contributed by atoms with E-state index in [1.54, 1.807) is 12.1 Å². The molecule has 0 unspecified atom stereocenters. The highest BCUT2D eigenvalue weighted by Gasteiger charge is 2.07. The van der Waals surface area contributed by atoms with E-state index in [0.717, 1.165) is 0 Å². The molecule has 1 rings (SSSR count). The Morgan fingerprint density at radius 1 is 1.55 bits per heavy atom. The molecule has 3 heteroatoms. The summed E-state index contributed by atoms with van der Waals surface area (Å²) in [7, 11) is 0. The van der Waals surface area contributed by atoms with Crippen LogP contribution in [0.3, 0.4) is 0 Å². The highest BCUT2D eigenvalue weighted by atomic mass is 79.9. The molecule has 60 valence electrons. The van der Waals surface area contributed by atoms with Gasteiger partial charge in [0, 0.05) is 10.6 Å². The third-order valence-electron chi connectivity index (χ3n) is 1.49. The van der Waals surface area contributed by atoms with Crippen LogP contribution in [0.25, 0.3) is 0 Å². The second-order valence-electron chi connectivity index (χ2n) is 2.18. The molecule has 0 N–H and O–H groups in total. The molecule has 0 bridgehead atoms. The van der Waals surface area contributed by atoms with Gasteiger partial charge in [0.25, 0.3) is 0 Å². The zero-order valence-electron chi connectivity index (χ0n) is 6.00. The summed E-state index contributed by atoms with van der Waals surface area (Å²) < 4.78 is 13.6. The first-order valence-corrected chi connectivity index (χ1v) is 4.46. The maximum atomic E-state index is 13.1. The maximum absolute atomic E-state index is 13.1. The van der Waals surface area contributed by atoms with Crippen molar-refractivity contribution in [3.8, 4) is 0 Å². The van der Waals surface area contributed by atoms with Gasteiger partial charge in [-0.25, -0.2) is 4.39 Å². The van der Waals surface area contributed by atoms with Gasteiger partial charge in [-0.2, -0.15) is 0 Å². The van der Waals surface area contributed by atoms with Crippen LogP contribution in [-0.4, -0.2) is 0 Å². The van der Waals surface area contributed by atoms with E-state index in [0.29, 0.717) is 21.5 Å². The first-order chi connectivity index (χ1) is 5.16. The molecule has 0 aliphatic heterocycles. The van der Waals surface area contributed by atoms with E-state index in [4.69, 9.17) is 11.6 Å². The Kier molecular flexibility index (Phi) is 2.90. The third kappa shape index (κ3) is 1.74. The monoisotopic (exact) mass is 236 g/mol. The van der Waals surface area contributed by atoms with E-state index in [9.17, 15) is 4.39 Å². The minimum Gasteiger partial charge on any atom is -0.205 e. The second-order valence-corrected chi connectivity index (χ2v) is 3.44. The molecule has 0 aliphatic rings. The van der Waals surface area contributed by atoms with Gasteiger partial charge in [-0.3, -0.25) is 0 Å². The molecule has 0 nitrogen and oxygen atoms in total. The van der Waals surface area contributed by atoms with Crippen molar-refractivity contribution in [1.82, 2.24) is 0 Å². The standard InChI is InChI=1S/C8H7BrClF/c1-2-5-7(10)4-3-6(9)8(5)11/h3-4H,2H2,1H3. The van der Waals surface area contributed by atoms with Crippen LogP contribution >= 0.6 is 27.5 Å². The molecule has 0 atom stereocenters. The molecule has 0 fully saturated rings. The van der Waals surface area contributed by atoms with Crippen LogP contribution in [0.15, 0.2) is 16.6 Å². The van der Waals surface area contributed by atoms with Crippen LogP contribution in [0.2, 0.25) is 5.02 Å². The smallest absolute Gasteiger partial charge is 0.142 e. The summed E-state index contributed by atoms with van der Waals surface area (Å²) in [5, 5.41) is 0.494. The van der Waals surface area contributed by atoms with Crippen molar-refractivity contribution in [2.24, 2.45) is 0 Å². The summed E-state index contributed by atoms with van der Waals surface area (Å²) >= 11 is 8.83. The first-order valence-electron chi connectivity index (χ1n) is 3.29. The molecule has 0 saturated carbocycles. The predicted octanol–water partition coefficient (Wildman–Crippen LogP) is 3.80. The van der Waals surface area contributed by atoms with E-state index in [1.807, 2.05) is 6.92 Å². The number of benzene rings is 1. The van der Waals surface area contributed by atoms with Crippen molar-refractivity contribution in [1.29, 1.82) is 0 Å². The Morgan fingerprint density at radius 3 is 2.64 bits per heavy atom. The zero-order valence-corrected chi connectivity index (χ0v) is 8.34. The molecule has 0 heterocycles. The van der Waals surface area contributed by atoms with Crippen molar-refractivity contribution in [3.05, 3.63) is 33.0 Å². The quantitative estimate of drug-likeness (QED) is 0.652. The number of halogens is 3. The average molecular weight is 237 g/mol. The van der Waals surface area contributed by atoms with Crippen LogP contribution < -0.4 is 0 Å². The minimum atomic E-state index is -0.250. The highest BCUT2D eigenvalue weighted by molar-refractivity contribution is 9.10. The Hall–Kier alpha value is -0.0800. The number of hydrogen-bond donors (Lipinski definition) is 0. The molecule has 11 heavy (non-hydrogen) atoms. The highest BCUT2D eigenvalue weighted by Crippen LogP contribution is 2.25. The minimum absolute atomic E-state index is 0.250. The van der Waals surface area contributed by atoms with Gasteiger partial charge in [0.15, 0.2) is 0 Å². The Morgan fingerprint density at radius 2 is 2.18 bits per heavy atom. The van der Waals surface area contributed by atoms with E-state index >= 15 is 0 Å². The normalized spacial score (nSPS) is 10.2. The molecule has 1 aromatic carbocycles. The predicted molar refractivity (Wildman–Crippen MR) is 48.5 cm³/mol. The molecule has 1 aromatic rings. The fraction of sp³-hybridized carbons (Fsp3) is 0.250. The van der Waals surface area contributed by atoms with Crippen molar-refractivity contribution >= 4 is 27.5 Å². The van der Waals surface area contributed by atoms with E-state index in [-0.39, 0.29) is 5.82 Å². The van der Waals surface area contributed by atoms with Crippen molar-refractivity contribution in [2.75, 3.05) is 0 Å². The summed E-state index contributed by atoms with van der Waals surface area (Å²) in [6.07, 6.45) is 0.615. The van der Waals surface area contributed by atoms with Crippen LogP contribution in [0.4, 0.5) is 4.39 Å². The SMILES string of the molecule is CCc1c(Cl)ccc(Br)c1F. The van der Waals surface area contributed by atoms with Gasteiger partial charge in [0.2, 0.25) is 0 Å². The maximum Gasteiger partial charge on any atom is 0.142 e. The summed E-state index contributed by atoms with van der Waals surface area (Å²) in [6, 6.07) is 3.30. The molecule has 0 amide bonds. The number of rotatable bonds is 1. The van der Waals surface area contributed by atoms with Crippen LogP contribution in [0, 0.1) is 5.82 Å². The van der Waals surface area contributed by atoms with E-state index in [1.165, 1.54) is 0 Å². The fourth-order valence-corrected chi connectivity index (χ4v) is 1.54. The lowest BCUT2D eigenvalue weighted by Gasteiger charge is -2.03. The Bertz CT molecular complexity index is 273.